The Bertz CT molecular complexity index is 6110. The lowest BCUT2D eigenvalue weighted by Crippen LogP contribution is -2.52. The maximum absolute atomic E-state index is 14.0. The fraction of sp³-hybridized carbons (Fsp3) is 0.167. The first-order valence-electron chi connectivity index (χ1n) is 31.8. The van der Waals surface area contributed by atoms with Crippen molar-refractivity contribution in [3.8, 4) is 50.3 Å². The van der Waals surface area contributed by atoms with E-state index in [9.17, 15) is 42.9 Å². The Kier molecular flexibility index (Phi) is 22.0. The summed E-state index contributed by atoms with van der Waals surface area (Å²) in [6.45, 7) is 4.39. The van der Waals surface area contributed by atoms with Crippen LogP contribution in [-0.4, -0.2) is 148 Å². The number of amides is 2. The van der Waals surface area contributed by atoms with Crippen molar-refractivity contribution < 1.29 is 47.6 Å². The van der Waals surface area contributed by atoms with E-state index in [0.29, 0.717) is 46.9 Å². The average Bonchev–Trinajstić information content (AvgIpc) is 1.19. The molecular formula is C72H62Cl6FN13O10S4. The number of aryl methyl sites for hydroxylation is 1. The van der Waals surface area contributed by atoms with E-state index in [-0.39, 0.29) is 31.3 Å². The minimum absolute atomic E-state index is 0.0524. The number of fused-ring (bicyclic) bond motifs is 5. The Hall–Kier alpha value is -9.33. The van der Waals surface area contributed by atoms with Crippen LogP contribution in [0.4, 0.5) is 14.9 Å². The van der Waals surface area contributed by atoms with Gasteiger partial charge in [0.05, 0.1) is 90.9 Å². The van der Waals surface area contributed by atoms with Crippen molar-refractivity contribution in [1.29, 1.82) is 0 Å². The molecule has 1 spiro atoms. The maximum Gasteiger partial charge on any atom is 0.315 e. The van der Waals surface area contributed by atoms with Gasteiger partial charge >= 0.3 is 6.03 Å². The summed E-state index contributed by atoms with van der Waals surface area (Å²) >= 11 is 36.7. The van der Waals surface area contributed by atoms with Crippen molar-refractivity contribution >= 4 is 175 Å². The third-order valence-corrected chi connectivity index (χ3v) is 23.7. The Morgan fingerprint density at radius 2 is 0.840 bits per heavy atom. The number of ether oxygens (including phenoxy) is 1. The highest BCUT2D eigenvalue weighted by molar-refractivity contribution is 7.91. The van der Waals surface area contributed by atoms with Gasteiger partial charge in [-0.05, 0) is 180 Å². The lowest BCUT2D eigenvalue weighted by Gasteiger charge is -2.39. The molecule has 0 bridgehead atoms. The normalized spacial score (nSPS) is 13.7. The number of nitrogens with one attached hydrogen (secondary N) is 7. The fourth-order valence-corrected chi connectivity index (χ4v) is 17.0. The smallest absolute Gasteiger partial charge is 0.315 e. The number of rotatable bonds is 10. The highest BCUT2D eigenvalue weighted by Crippen LogP contribution is 2.41. The van der Waals surface area contributed by atoms with Crippen LogP contribution in [-0.2, 0) is 39.3 Å². The number of anilines is 1. The number of carbonyl (C=O) groups is 1. The van der Waals surface area contributed by atoms with Crippen molar-refractivity contribution in [2.75, 3.05) is 56.7 Å². The third-order valence-electron chi connectivity index (χ3n) is 17.7. The number of hydrogen-bond acceptors (Lipinski definition) is 16. The molecule has 106 heavy (non-hydrogen) atoms. The molecule has 5 aromatic heterocycles. The van der Waals surface area contributed by atoms with Gasteiger partial charge in [0.25, 0.3) is 0 Å². The molecule has 16 rings (SSSR count). The number of benzene rings is 9. The molecule has 2 aliphatic heterocycles. The van der Waals surface area contributed by atoms with Crippen LogP contribution in [0.2, 0.25) is 30.1 Å². The number of piperidine rings is 1. The number of hydrogen-bond donors (Lipinski definition) is 7. The molecule has 0 unspecified atom stereocenters. The second-order valence-corrected chi connectivity index (χ2v) is 35.8. The summed E-state index contributed by atoms with van der Waals surface area (Å²) in [6, 6.07) is 36.8. The zero-order chi connectivity index (χ0) is 75.9. The number of aromatic amines is 5. The third kappa shape index (κ3) is 16.9. The Balaban J connectivity index is 0.000000124. The monoisotopic (exact) mass is 1630 g/mol. The van der Waals surface area contributed by atoms with Gasteiger partial charge in [-0.1, -0.05) is 87.8 Å². The van der Waals surface area contributed by atoms with Crippen molar-refractivity contribution in [2.45, 2.75) is 44.9 Å². The lowest BCUT2D eigenvalue weighted by atomic mass is 9.88. The molecule has 0 atom stereocenters. The fourth-order valence-electron chi connectivity index (χ4n) is 12.5. The zero-order valence-electron chi connectivity index (χ0n) is 56.7. The number of aromatic nitrogens is 10. The second kappa shape index (κ2) is 30.5. The predicted molar refractivity (Wildman–Crippen MR) is 417 cm³/mol. The Labute approximate surface area is 637 Å². The summed E-state index contributed by atoms with van der Waals surface area (Å²) in [5.41, 5.74) is 12.3. The molecule has 23 nitrogen and oxygen atoms in total. The molecule has 0 saturated carbocycles. The van der Waals surface area contributed by atoms with Crippen LogP contribution in [0.5, 0.6) is 5.75 Å². The highest BCUT2D eigenvalue weighted by Gasteiger charge is 2.40. The van der Waals surface area contributed by atoms with Crippen molar-refractivity contribution in [1.82, 2.24) is 61.6 Å². The quantitative estimate of drug-likeness (QED) is 0.0669. The molecule has 14 aromatic rings. The summed E-state index contributed by atoms with van der Waals surface area (Å²) in [5, 5.41) is 48.1. The number of H-pyrrole nitrogens is 5. The van der Waals surface area contributed by atoms with Gasteiger partial charge in [-0.3, -0.25) is 25.5 Å². The van der Waals surface area contributed by atoms with Crippen molar-refractivity contribution in [2.24, 2.45) is 0 Å². The molecule has 9 aromatic carbocycles. The molecule has 0 radical (unpaired) electrons. The molecule has 2 saturated heterocycles. The Morgan fingerprint density at radius 1 is 0.443 bits per heavy atom. The number of carbonyl (C=O) groups excluding carboxylic acids is 1. The van der Waals surface area contributed by atoms with Gasteiger partial charge in [0.15, 0.2) is 39.3 Å². The predicted octanol–water partition coefficient (Wildman–Crippen LogP) is 16.1. The van der Waals surface area contributed by atoms with Gasteiger partial charge in [-0.25, -0.2) is 42.9 Å². The van der Waals surface area contributed by atoms with Gasteiger partial charge in [-0.2, -0.15) is 25.5 Å². The second-order valence-electron chi connectivity index (χ2n) is 25.2. The number of urea groups is 1. The minimum atomic E-state index is -3.59. The number of sulfone groups is 4. The molecule has 7 N–H and O–H groups in total. The standard InChI is InChI=1S/C15H13ClN2O3S.C15H13ClN2O2S.C14H10Cl2N2O2S.C14H10ClFN2O2S.C14H16ClN5O/c1-21-15-7-10(22(2,19)20)3-4-11(15)12-5-9(16)6-14-13(12)8-17-18-14;1-9-5-11(21(2,19)20)3-4-12(9)13-6-10(16)7-15-14(13)8-17-18-15;2*1-21(19,20)14-3-2-8(4-12(14)16)10-5-9(15)6-13-11(10)7-17-18-13;15-9-5-11-10(7-17-19-11)12(6-9)20-3-1-14(2-4-20)8-16-13(21)18-14/h3-8H,1-2H3,(H,17,18);3-8H,1-2H3,(H,17,18);2*2-7H,1H3,(H,17,18);5-7H,1-4,8H2,(H,17,19)(H2,16,18,21). The Morgan fingerprint density at radius 3 is 1.25 bits per heavy atom. The van der Waals surface area contributed by atoms with Crippen LogP contribution in [0.3, 0.4) is 0 Å². The molecule has 7 heterocycles. The van der Waals surface area contributed by atoms with Crippen LogP contribution >= 0.6 is 69.6 Å². The van der Waals surface area contributed by atoms with E-state index < -0.39 is 45.2 Å². The maximum atomic E-state index is 14.0. The van der Waals surface area contributed by atoms with Gasteiger partial charge in [0, 0.05) is 108 Å². The number of nitrogens with zero attached hydrogens (tertiary/aromatic N) is 6. The minimum Gasteiger partial charge on any atom is -0.496 e. The van der Waals surface area contributed by atoms with Crippen LogP contribution < -0.4 is 20.3 Å². The van der Waals surface area contributed by atoms with E-state index in [4.69, 9.17) is 74.3 Å². The number of halogens is 7. The van der Waals surface area contributed by atoms with Gasteiger partial charge in [-0.15, -0.1) is 0 Å². The summed E-state index contributed by atoms with van der Waals surface area (Å²) in [5.74, 6) is -0.320. The lowest BCUT2D eigenvalue weighted by molar-refractivity contribution is 0.240. The SMILES string of the molecule is COc1cc(S(C)(=O)=O)ccc1-c1cc(Cl)cc2[nH]ncc12.CS(=O)(=O)c1ccc(-c2cc(Cl)cc3[nH]ncc23)cc1Cl.CS(=O)(=O)c1ccc(-c2cc(Cl)cc3[nH]ncc23)cc1F.Cc1cc(S(C)(=O)=O)ccc1-c1cc(Cl)cc2[nH]ncc12.O=C1NCC2(CCN(c3cc(Cl)cc4[nH]ncc34)CC2)N1. The topological polar surface area (TPSA) is 334 Å². The van der Waals surface area contributed by atoms with Gasteiger partial charge in [0.2, 0.25) is 0 Å². The summed E-state index contributed by atoms with van der Waals surface area (Å²) in [6.07, 6.45) is 14.9. The highest BCUT2D eigenvalue weighted by atomic mass is 35.5. The molecule has 34 heteroatoms. The molecule has 2 amide bonds. The summed E-state index contributed by atoms with van der Waals surface area (Å²) in [7, 11) is -11.9. The molecule has 0 aliphatic carbocycles. The first-order valence-corrected chi connectivity index (χ1v) is 41.6. The van der Waals surface area contributed by atoms with Gasteiger partial charge in [0.1, 0.15) is 16.5 Å². The van der Waals surface area contributed by atoms with Crippen molar-refractivity contribution in [3.05, 3.63) is 206 Å². The van der Waals surface area contributed by atoms with E-state index >= 15 is 0 Å². The molecule has 2 aliphatic rings. The van der Waals surface area contributed by atoms with E-state index in [1.807, 2.05) is 43.5 Å². The largest absolute Gasteiger partial charge is 0.496 e. The van der Waals surface area contributed by atoms with E-state index in [1.165, 1.54) is 37.6 Å². The van der Waals surface area contributed by atoms with Crippen LogP contribution in [0, 0.1) is 12.7 Å². The zero-order valence-corrected chi connectivity index (χ0v) is 64.5. The number of methoxy groups -OCH3 is 1. The van der Waals surface area contributed by atoms with Crippen LogP contribution in [0.25, 0.3) is 99.0 Å². The molecule has 548 valence electrons. The van der Waals surface area contributed by atoms with E-state index in [1.54, 1.807) is 104 Å². The molecule has 2 fully saturated rings. The summed E-state index contributed by atoms with van der Waals surface area (Å²) < 4.78 is 112. The van der Waals surface area contributed by atoms with E-state index in [0.717, 1.165) is 150 Å². The summed E-state index contributed by atoms with van der Waals surface area (Å²) in [4.78, 5) is 14.0. The van der Waals surface area contributed by atoms with Crippen molar-refractivity contribution in [3.63, 3.8) is 0 Å². The first kappa shape index (κ1) is 76.3. The van der Waals surface area contributed by atoms with Gasteiger partial charge < -0.3 is 20.3 Å². The average molecular weight is 1630 g/mol. The molecular weight excluding hydrogens is 1570 g/mol. The van der Waals surface area contributed by atoms with E-state index in [2.05, 4.69) is 66.5 Å². The van der Waals surface area contributed by atoms with Crippen LogP contribution in [0.1, 0.15) is 18.4 Å². The van der Waals surface area contributed by atoms with Crippen LogP contribution in [0.15, 0.2) is 184 Å². The first-order chi connectivity index (χ1) is 50.1.